The molecule has 2 aromatic heterocycles. The number of azide groups is 1. The standard InChI is InChI=1S/C26H22N5OS.HI/c1-30-24-5-2-3-6-25(24)33-26(30)12-9-18-7-10-22-20(15-18)21-16-19(17-32)8-11-23(21)31(22)14-4-13-28-29-27;/h2-3,5-12,15-17H,4,13-14H2,1H3;1H/q+1;/p-1. The lowest BCUT2D eigenvalue weighted by Crippen LogP contribution is -3.00. The summed E-state index contributed by atoms with van der Waals surface area (Å²) in [6.07, 6.45) is 5.93. The molecular weight excluding hydrogens is 557 g/mol. The number of fused-ring (bicyclic) bond motifs is 4. The van der Waals surface area contributed by atoms with Crippen LogP contribution in [0.5, 0.6) is 0 Å². The molecule has 0 aliphatic heterocycles. The van der Waals surface area contributed by atoms with Gasteiger partial charge in [-0.05, 0) is 60.0 Å². The van der Waals surface area contributed by atoms with Crippen molar-refractivity contribution in [3.8, 4) is 0 Å². The Kier molecular flexibility index (Phi) is 7.31. The summed E-state index contributed by atoms with van der Waals surface area (Å²) in [5.41, 5.74) is 13.7. The van der Waals surface area contributed by atoms with Crippen LogP contribution in [0.2, 0.25) is 0 Å². The lowest BCUT2D eigenvalue weighted by atomic mass is 10.1. The molecule has 0 unspecified atom stereocenters. The Morgan fingerprint density at radius 3 is 2.44 bits per heavy atom. The van der Waals surface area contributed by atoms with Gasteiger partial charge in [-0.25, -0.2) is 0 Å². The first kappa shape index (κ1) is 23.9. The summed E-state index contributed by atoms with van der Waals surface area (Å²) in [5, 5.41) is 7.01. The number of nitrogens with zero attached hydrogens (tertiary/aromatic N) is 5. The third-order valence-corrected chi connectivity index (χ3v) is 7.13. The van der Waals surface area contributed by atoms with Crippen molar-refractivity contribution in [3.05, 3.63) is 87.2 Å². The highest BCUT2D eigenvalue weighted by atomic mass is 127. The van der Waals surface area contributed by atoms with Crippen molar-refractivity contribution >= 4 is 61.8 Å². The van der Waals surface area contributed by atoms with E-state index in [9.17, 15) is 4.79 Å². The van der Waals surface area contributed by atoms with Crippen molar-refractivity contribution in [2.75, 3.05) is 6.54 Å². The molecule has 0 atom stereocenters. The summed E-state index contributed by atoms with van der Waals surface area (Å²) in [5.74, 6) is 0. The third kappa shape index (κ3) is 4.44. The zero-order chi connectivity index (χ0) is 22.8. The number of halogens is 1. The van der Waals surface area contributed by atoms with Gasteiger partial charge in [0.15, 0.2) is 0 Å². The zero-order valence-electron chi connectivity index (χ0n) is 18.6. The number of carbonyl (C=O) groups is 1. The van der Waals surface area contributed by atoms with Gasteiger partial charge in [-0.2, -0.15) is 4.57 Å². The van der Waals surface area contributed by atoms with Crippen LogP contribution in [0.15, 0.2) is 65.8 Å². The van der Waals surface area contributed by atoms with Gasteiger partial charge in [-0.15, -0.1) is 0 Å². The van der Waals surface area contributed by atoms with Crippen LogP contribution in [-0.4, -0.2) is 17.4 Å². The average Bonchev–Trinajstić information content (AvgIpc) is 3.34. The van der Waals surface area contributed by atoms with Crippen LogP contribution in [0.3, 0.4) is 0 Å². The first-order valence-electron chi connectivity index (χ1n) is 10.8. The number of para-hydroxylation sites is 1. The monoisotopic (exact) mass is 579 g/mol. The Morgan fingerprint density at radius 2 is 1.74 bits per heavy atom. The largest absolute Gasteiger partial charge is 1.00 e. The molecule has 0 fully saturated rings. The van der Waals surface area contributed by atoms with Crippen molar-refractivity contribution in [1.82, 2.24) is 4.57 Å². The summed E-state index contributed by atoms with van der Waals surface area (Å²) in [7, 11) is 2.09. The topological polar surface area (TPSA) is 74.6 Å². The maximum absolute atomic E-state index is 11.4. The maximum Gasteiger partial charge on any atom is 0.262 e. The van der Waals surface area contributed by atoms with Crippen LogP contribution in [0, 0.1) is 0 Å². The van der Waals surface area contributed by atoms with E-state index in [1.165, 1.54) is 15.2 Å². The number of carbonyl (C=O) groups excluding carboxylic acids is 1. The van der Waals surface area contributed by atoms with E-state index in [0.717, 1.165) is 46.6 Å². The Morgan fingerprint density at radius 1 is 1.03 bits per heavy atom. The fourth-order valence-corrected chi connectivity index (χ4v) is 5.39. The number of aldehydes is 1. The van der Waals surface area contributed by atoms with E-state index < -0.39 is 0 Å². The minimum Gasteiger partial charge on any atom is -1.00 e. The molecule has 0 aliphatic rings. The number of benzene rings is 3. The van der Waals surface area contributed by atoms with Gasteiger partial charge in [0.1, 0.15) is 18.0 Å². The summed E-state index contributed by atoms with van der Waals surface area (Å²) < 4.78 is 5.72. The maximum atomic E-state index is 11.4. The van der Waals surface area contributed by atoms with Crippen LogP contribution in [0.1, 0.15) is 27.3 Å². The fraction of sp³-hybridized carbons (Fsp3) is 0.154. The second kappa shape index (κ2) is 10.4. The highest BCUT2D eigenvalue weighted by Gasteiger charge is 2.14. The van der Waals surface area contributed by atoms with Crippen LogP contribution in [-0.2, 0) is 13.6 Å². The van der Waals surface area contributed by atoms with Gasteiger partial charge in [0.05, 0.1) is 0 Å². The first-order valence-corrected chi connectivity index (χ1v) is 11.6. The van der Waals surface area contributed by atoms with Crippen LogP contribution >= 0.6 is 11.3 Å². The van der Waals surface area contributed by atoms with E-state index in [4.69, 9.17) is 5.53 Å². The second-order valence-corrected chi connectivity index (χ2v) is 8.99. The van der Waals surface area contributed by atoms with Gasteiger partial charge in [0.25, 0.3) is 5.01 Å². The summed E-state index contributed by atoms with van der Waals surface area (Å²) in [4.78, 5) is 14.3. The molecule has 0 N–H and O–H groups in total. The van der Waals surface area contributed by atoms with E-state index >= 15 is 0 Å². The van der Waals surface area contributed by atoms with Crippen molar-refractivity contribution in [3.63, 3.8) is 0 Å². The minimum atomic E-state index is 0. The molecule has 0 saturated carbocycles. The number of hydrogen-bond acceptors (Lipinski definition) is 3. The van der Waals surface area contributed by atoms with Gasteiger partial charge < -0.3 is 28.5 Å². The van der Waals surface area contributed by atoms with Crippen molar-refractivity contribution in [1.29, 1.82) is 0 Å². The second-order valence-electron chi connectivity index (χ2n) is 7.93. The number of aromatic nitrogens is 2. The highest BCUT2D eigenvalue weighted by molar-refractivity contribution is 7.18. The summed E-state index contributed by atoms with van der Waals surface area (Å²) in [6.45, 7) is 1.20. The predicted molar refractivity (Wildman–Crippen MR) is 135 cm³/mol. The highest BCUT2D eigenvalue weighted by Crippen LogP contribution is 2.31. The molecule has 0 saturated heterocycles. The van der Waals surface area contributed by atoms with E-state index in [0.29, 0.717) is 12.1 Å². The number of thiazole rings is 1. The molecular formula is C26H22IN5OS. The normalized spacial score (nSPS) is 11.2. The van der Waals surface area contributed by atoms with Gasteiger partial charge in [0.2, 0.25) is 5.52 Å². The van der Waals surface area contributed by atoms with Crippen molar-refractivity contribution in [2.24, 2.45) is 12.2 Å². The van der Waals surface area contributed by atoms with E-state index in [2.05, 4.69) is 80.8 Å². The molecule has 8 heteroatoms. The van der Waals surface area contributed by atoms with Crippen LogP contribution in [0.25, 0.3) is 54.6 Å². The van der Waals surface area contributed by atoms with Gasteiger partial charge in [-0.1, -0.05) is 34.7 Å². The van der Waals surface area contributed by atoms with E-state index in [-0.39, 0.29) is 24.0 Å². The Balaban J connectivity index is 0.00000274. The molecule has 0 radical (unpaired) electrons. The quantitative estimate of drug-likeness (QED) is 0.0554. The summed E-state index contributed by atoms with van der Waals surface area (Å²) in [6, 6.07) is 20.6. The number of rotatable bonds is 7. The molecule has 2 heterocycles. The third-order valence-electron chi connectivity index (χ3n) is 5.94. The van der Waals surface area contributed by atoms with Gasteiger partial charge in [-0.3, -0.25) is 4.79 Å². The molecule has 170 valence electrons. The molecule has 3 aromatic carbocycles. The number of aryl methyl sites for hydroxylation is 2. The van der Waals surface area contributed by atoms with Gasteiger partial charge >= 0.3 is 0 Å². The zero-order valence-corrected chi connectivity index (χ0v) is 21.5. The van der Waals surface area contributed by atoms with Crippen LogP contribution in [0.4, 0.5) is 0 Å². The lowest BCUT2D eigenvalue weighted by Gasteiger charge is -2.06. The molecule has 5 aromatic rings. The molecule has 0 bridgehead atoms. The smallest absolute Gasteiger partial charge is 0.262 e. The Bertz CT molecular complexity index is 1590. The SMILES string of the molecule is C[n+]1c(/C=C/c2ccc3c(c2)c2cc(C=O)ccc2n3CCCN=[N+]=[N-])sc2ccccc21.[I-]. The molecule has 5 rings (SSSR count). The average molecular weight is 579 g/mol. The molecule has 34 heavy (non-hydrogen) atoms. The minimum absolute atomic E-state index is 0. The Hall–Kier alpha value is -3.20. The molecule has 0 aliphatic carbocycles. The predicted octanol–water partition coefficient (Wildman–Crippen LogP) is 3.52. The van der Waals surface area contributed by atoms with Crippen molar-refractivity contribution < 1.29 is 33.3 Å². The summed E-state index contributed by atoms with van der Waals surface area (Å²) >= 11 is 1.77. The van der Waals surface area contributed by atoms with Crippen molar-refractivity contribution in [2.45, 2.75) is 13.0 Å². The number of hydrogen-bond donors (Lipinski definition) is 0. The fourth-order valence-electron chi connectivity index (χ4n) is 4.34. The molecule has 0 amide bonds. The lowest BCUT2D eigenvalue weighted by molar-refractivity contribution is -0.642. The van der Waals surface area contributed by atoms with E-state index in [1.807, 2.05) is 18.2 Å². The van der Waals surface area contributed by atoms with Crippen LogP contribution < -0.4 is 28.5 Å². The first-order chi connectivity index (χ1) is 16.2. The Labute approximate surface area is 217 Å². The molecule has 6 nitrogen and oxygen atoms in total. The van der Waals surface area contributed by atoms with E-state index in [1.54, 1.807) is 11.3 Å². The molecule has 0 spiro atoms. The van der Waals surface area contributed by atoms with Gasteiger partial charge in [0, 0.05) is 57.5 Å².